The van der Waals surface area contributed by atoms with Gasteiger partial charge in [-0.25, -0.2) is 0 Å². The molecule has 156 valence electrons. The lowest BCUT2D eigenvalue weighted by molar-refractivity contribution is -0.140. The average molecular weight is 383 g/mol. The third kappa shape index (κ3) is 13.4. The molecule has 5 heteroatoms. The lowest BCUT2D eigenvalue weighted by atomic mass is 9.91. The quantitative estimate of drug-likeness (QED) is 0.315. The lowest BCUT2D eigenvalue weighted by Crippen LogP contribution is -2.24. The van der Waals surface area contributed by atoms with E-state index in [2.05, 4.69) is 12.7 Å². The topological polar surface area (TPSA) is 87.0 Å². The number of ether oxygens (including phenoxy) is 1. The van der Waals surface area contributed by atoms with Gasteiger partial charge in [0, 0.05) is 13.3 Å². The number of esters is 1. The molecular weight excluding hydrogens is 344 g/mol. The first-order valence-electron chi connectivity index (χ1n) is 9.76. The molecule has 0 rings (SSSR count). The number of carbonyl (C=O) groups excluding carboxylic acids is 1. The first kappa shape index (κ1) is 25.6. The van der Waals surface area contributed by atoms with Gasteiger partial charge in [-0.2, -0.15) is 0 Å². The van der Waals surface area contributed by atoms with Gasteiger partial charge in [-0.3, -0.25) is 4.79 Å². The molecule has 0 heterocycles. The van der Waals surface area contributed by atoms with Crippen LogP contribution in [-0.4, -0.2) is 46.7 Å². The molecule has 27 heavy (non-hydrogen) atoms. The zero-order valence-corrected chi connectivity index (χ0v) is 17.4. The normalized spacial score (nSPS) is 16.0. The second kappa shape index (κ2) is 14.6. The number of aliphatic hydroxyl groups excluding tert-OH is 3. The Morgan fingerprint density at radius 3 is 2.37 bits per heavy atom. The molecule has 0 amide bonds. The molecular formula is C22H38O5. The van der Waals surface area contributed by atoms with Crippen molar-refractivity contribution in [2.75, 3.05) is 13.2 Å². The summed E-state index contributed by atoms with van der Waals surface area (Å²) < 4.78 is 5.14. The van der Waals surface area contributed by atoms with Crippen molar-refractivity contribution in [2.24, 2.45) is 5.92 Å². The van der Waals surface area contributed by atoms with Crippen molar-refractivity contribution >= 4 is 5.97 Å². The highest BCUT2D eigenvalue weighted by Gasteiger charge is 2.18. The summed E-state index contributed by atoms with van der Waals surface area (Å²) >= 11 is 0. The van der Waals surface area contributed by atoms with E-state index in [-0.39, 0.29) is 18.5 Å². The first-order chi connectivity index (χ1) is 12.7. The summed E-state index contributed by atoms with van der Waals surface area (Å²) in [6, 6.07) is 0. The zero-order valence-electron chi connectivity index (χ0n) is 17.4. The van der Waals surface area contributed by atoms with E-state index < -0.39 is 12.2 Å². The van der Waals surface area contributed by atoms with Gasteiger partial charge < -0.3 is 20.1 Å². The minimum atomic E-state index is -0.669. The van der Waals surface area contributed by atoms with E-state index in [0.717, 1.165) is 43.3 Å². The molecule has 0 aliphatic carbocycles. The summed E-state index contributed by atoms with van der Waals surface area (Å²) in [5.41, 5.74) is 2.87. The molecule has 0 aromatic carbocycles. The van der Waals surface area contributed by atoms with Crippen molar-refractivity contribution < 1.29 is 24.9 Å². The molecule has 3 atom stereocenters. The number of aliphatic hydroxyl groups is 3. The van der Waals surface area contributed by atoms with Gasteiger partial charge >= 0.3 is 5.97 Å². The first-order valence-corrected chi connectivity index (χ1v) is 9.76. The Bertz CT molecular complexity index is 507. The molecule has 0 aromatic heterocycles. The van der Waals surface area contributed by atoms with Crippen LogP contribution in [0.15, 0.2) is 35.5 Å². The highest BCUT2D eigenvalue weighted by molar-refractivity contribution is 5.66. The van der Waals surface area contributed by atoms with Crippen LogP contribution < -0.4 is 0 Å². The van der Waals surface area contributed by atoms with Crippen LogP contribution in [0.1, 0.15) is 66.2 Å². The summed E-state index contributed by atoms with van der Waals surface area (Å²) in [7, 11) is 0. The molecule has 0 aliphatic rings. The lowest BCUT2D eigenvalue weighted by Gasteiger charge is -2.22. The van der Waals surface area contributed by atoms with Gasteiger partial charge in [0.2, 0.25) is 0 Å². The Kier molecular flexibility index (Phi) is 13.8. The predicted octanol–water partition coefficient (Wildman–Crippen LogP) is 3.69. The summed E-state index contributed by atoms with van der Waals surface area (Å²) in [6.45, 7) is 11.2. The fourth-order valence-corrected chi connectivity index (χ4v) is 2.70. The van der Waals surface area contributed by atoms with E-state index >= 15 is 0 Å². The monoisotopic (exact) mass is 382 g/mol. The number of carbonyl (C=O) groups is 1. The number of rotatable bonds is 14. The summed E-state index contributed by atoms with van der Waals surface area (Å²) in [4.78, 5) is 11.1. The maximum atomic E-state index is 11.1. The molecule has 3 N–H and O–H groups in total. The average Bonchev–Trinajstić information content (AvgIpc) is 2.58. The smallest absolute Gasteiger partial charge is 0.302 e. The molecule has 0 fully saturated rings. The molecule has 0 aliphatic heterocycles. The van der Waals surface area contributed by atoms with E-state index in [9.17, 15) is 15.0 Å². The van der Waals surface area contributed by atoms with Crippen molar-refractivity contribution in [1.82, 2.24) is 0 Å². The van der Waals surface area contributed by atoms with Crippen LogP contribution in [0.4, 0.5) is 0 Å². The van der Waals surface area contributed by atoms with Gasteiger partial charge in [-0.1, -0.05) is 36.8 Å². The van der Waals surface area contributed by atoms with E-state index in [0.29, 0.717) is 18.6 Å². The van der Waals surface area contributed by atoms with Crippen molar-refractivity contribution in [3.8, 4) is 0 Å². The second-order valence-electron chi connectivity index (χ2n) is 7.45. The molecule has 0 saturated carbocycles. The van der Waals surface area contributed by atoms with Gasteiger partial charge in [0.15, 0.2) is 0 Å². The summed E-state index contributed by atoms with van der Waals surface area (Å²) in [6.07, 6.45) is 7.16. The number of hydrogen-bond donors (Lipinski definition) is 3. The Labute approximate surface area is 164 Å². The maximum Gasteiger partial charge on any atom is 0.302 e. The molecule has 5 nitrogen and oxygen atoms in total. The third-order valence-electron chi connectivity index (χ3n) is 4.72. The third-order valence-corrected chi connectivity index (χ3v) is 4.72. The maximum absolute atomic E-state index is 11.1. The summed E-state index contributed by atoms with van der Waals surface area (Å²) in [5, 5.41) is 28.9. The molecule has 0 aromatic rings. The highest BCUT2D eigenvalue weighted by Crippen LogP contribution is 2.20. The van der Waals surface area contributed by atoms with E-state index in [1.807, 2.05) is 13.8 Å². The van der Waals surface area contributed by atoms with Crippen LogP contribution in [0.5, 0.6) is 0 Å². The molecule has 0 saturated heterocycles. The van der Waals surface area contributed by atoms with Gasteiger partial charge in [-0.15, -0.1) is 0 Å². The Hall–Kier alpha value is -1.43. The molecule has 1 unspecified atom stereocenters. The molecule has 0 radical (unpaired) electrons. The largest absolute Gasteiger partial charge is 0.461 e. The minimum absolute atomic E-state index is 0.0517. The summed E-state index contributed by atoms with van der Waals surface area (Å²) in [5.74, 6) is -0.224. The van der Waals surface area contributed by atoms with Crippen LogP contribution in [0.3, 0.4) is 0 Å². The fraction of sp³-hybridized carbons (Fsp3) is 0.682. The SMILES string of the molecule is C=C(C)[C@@H](O)C[C@@H](O)C(C)CCC/C(=C/CC/C(C)=C/CO)COC(C)=O. The van der Waals surface area contributed by atoms with E-state index in [1.165, 1.54) is 6.92 Å². The molecule has 0 spiro atoms. The van der Waals surface area contributed by atoms with Crippen molar-refractivity contribution in [2.45, 2.75) is 78.4 Å². The van der Waals surface area contributed by atoms with Crippen LogP contribution >= 0.6 is 0 Å². The Balaban J connectivity index is 4.50. The van der Waals surface area contributed by atoms with E-state index in [1.54, 1.807) is 13.0 Å². The van der Waals surface area contributed by atoms with Crippen LogP contribution in [0, 0.1) is 5.92 Å². The van der Waals surface area contributed by atoms with Gasteiger partial charge in [0.25, 0.3) is 0 Å². The second-order valence-corrected chi connectivity index (χ2v) is 7.45. The van der Waals surface area contributed by atoms with Crippen molar-refractivity contribution in [1.29, 1.82) is 0 Å². The van der Waals surface area contributed by atoms with Crippen LogP contribution in [-0.2, 0) is 9.53 Å². The van der Waals surface area contributed by atoms with Gasteiger partial charge in [0.1, 0.15) is 6.61 Å². The zero-order chi connectivity index (χ0) is 20.8. The molecule has 0 bridgehead atoms. The fourth-order valence-electron chi connectivity index (χ4n) is 2.70. The number of hydrogen-bond acceptors (Lipinski definition) is 5. The van der Waals surface area contributed by atoms with Crippen LogP contribution in [0.2, 0.25) is 0 Å². The van der Waals surface area contributed by atoms with Crippen molar-refractivity contribution in [3.63, 3.8) is 0 Å². The van der Waals surface area contributed by atoms with E-state index in [4.69, 9.17) is 9.84 Å². The standard InChI is InChI=1S/C22H38O5/c1-16(2)21(25)14-22(26)18(4)9-7-11-20(15-27-19(5)24)10-6-8-17(3)12-13-23/h10,12,18,21-23,25-26H,1,6-9,11,13-15H2,2-5H3/b17-12+,20-10-/t18?,21-,22+/m0/s1. The number of allylic oxidation sites excluding steroid dienone is 2. The Morgan fingerprint density at radius 2 is 1.81 bits per heavy atom. The predicted molar refractivity (Wildman–Crippen MR) is 109 cm³/mol. The Morgan fingerprint density at radius 1 is 1.15 bits per heavy atom. The van der Waals surface area contributed by atoms with Crippen molar-refractivity contribution in [3.05, 3.63) is 35.5 Å². The minimum Gasteiger partial charge on any atom is -0.461 e. The van der Waals surface area contributed by atoms with Gasteiger partial charge in [0.05, 0.1) is 18.8 Å². The van der Waals surface area contributed by atoms with Crippen LogP contribution in [0.25, 0.3) is 0 Å². The highest BCUT2D eigenvalue weighted by atomic mass is 16.5. The van der Waals surface area contributed by atoms with Gasteiger partial charge in [-0.05, 0) is 57.4 Å².